The number of anilines is 1. The number of nitrogens with zero attached hydrogens (tertiary/aromatic N) is 2. The number of para-hydroxylation sites is 2. The summed E-state index contributed by atoms with van der Waals surface area (Å²) < 4.78 is 0. The summed E-state index contributed by atoms with van der Waals surface area (Å²) in [7, 11) is 0. The molecular formula is C14H19N3. The van der Waals surface area contributed by atoms with Gasteiger partial charge >= 0.3 is 0 Å². The maximum Gasteiger partial charge on any atom is 0.145 e. The van der Waals surface area contributed by atoms with Crippen molar-refractivity contribution in [3.05, 3.63) is 30.5 Å². The van der Waals surface area contributed by atoms with Crippen molar-refractivity contribution >= 4 is 16.9 Å². The van der Waals surface area contributed by atoms with Gasteiger partial charge in [-0.3, -0.25) is 4.98 Å². The molecule has 0 fully saturated rings. The maximum atomic E-state index is 4.58. The molecule has 0 aliphatic carbocycles. The Hall–Kier alpha value is -1.64. The molecule has 2 aromatic rings. The van der Waals surface area contributed by atoms with Gasteiger partial charge in [0.05, 0.1) is 17.2 Å². The molecule has 17 heavy (non-hydrogen) atoms. The third-order valence-electron chi connectivity index (χ3n) is 3.44. The summed E-state index contributed by atoms with van der Waals surface area (Å²) in [4.78, 5) is 8.99. The quantitative estimate of drug-likeness (QED) is 0.870. The van der Waals surface area contributed by atoms with E-state index in [9.17, 15) is 0 Å². The lowest BCUT2D eigenvalue weighted by Gasteiger charge is -2.28. The summed E-state index contributed by atoms with van der Waals surface area (Å²) in [6.45, 7) is 6.58. The average molecular weight is 229 g/mol. The Morgan fingerprint density at radius 2 is 1.76 bits per heavy atom. The zero-order chi connectivity index (χ0) is 12.3. The highest BCUT2D eigenvalue weighted by Gasteiger charge is 2.19. The number of aromatic nitrogens is 2. The van der Waals surface area contributed by atoms with E-state index in [1.165, 1.54) is 0 Å². The zero-order valence-corrected chi connectivity index (χ0v) is 10.7. The van der Waals surface area contributed by atoms with Crippen LogP contribution in [0.25, 0.3) is 11.0 Å². The molecule has 3 nitrogen and oxygen atoms in total. The standard InChI is InChI=1S/C14H19N3/c1-4-14(3,5-2)17-13-10-15-11-8-6-7-9-12(11)16-13/h6-10H,4-5H2,1-3H3,(H,16,17). The molecule has 0 amide bonds. The van der Waals surface area contributed by atoms with Crippen molar-refractivity contribution < 1.29 is 0 Å². The van der Waals surface area contributed by atoms with E-state index < -0.39 is 0 Å². The Bertz CT molecular complexity index is 504. The van der Waals surface area contributed by atoms with Gasteiger partial charge in [0.15, 0.2) is 0 Å². The Kier molecular flexibility index (Phi) is 3.27. The number of nitrogens with one attached hydrogen (secondary N) is 1. The fourth-order valence-electron chi connectivity index (χ4n) is 1.75. The molecule has 1 aromatic heterocycles. The van der Waals surface area contributed by atoms with Gasteiger partial charge in [-0.2, -0.15) is 0 Å². The Morgan fingerprint density at radius 1 is 1.12 bits per heavy atom. The minimum absolute atomic E-state index is 0.0944. The molecular weight excluding hydrogens is 210 g/mol. The molecule has 0 bridgehead atoms. The number of fused-ring (bicyclic) bond motifs is 1. The Labute approximate surface area is 102 Å². The van der Waals surface area contributed by atoms with Gasteiger partial charge in [0, 0.05) is 5.54 Å². The van der Waals surface area contributed by atoms with Crippen LogP contribution in [0.3, 0.4) is 0 Å². The molecule has 0 atom stereocenters. The Morgan fingerprint density at radius 3 is 2.41 bits per heavy atom. The first-order chi connectivity index (χ1) is 8.17. The van der Waals surface area contributed by atoms with E-state index in [0.717, 1.165) is 29.7 Å². The van der Waals surface area contributed by atoms with Crippen molar-refractivity contribution in [2.45, 2.75) is 39.2 Å². The van der Waals surface area contributed by atoms with E-state index in [4.69, 9.17) is 0 Å². The van der Waals surface area contributed by atoms with Crippen molar-refractivity contribution in [2.24, 2.45) is 0 Å². The van der Waals surface area contributed by atoms with Crippen LogP contribution in [0.5, 0.6) is 0 Å². The molecule has 0 saturated heterocycles. The van der Waals surface area contributed by atoms with Gasteiger partial charge in [0.25, 0.3) is 0 Å². The van der Waals surface area contributed by atoms with Crippen molar-refractivity contribution in [1.29, 1.82) is 0 Å². The van der Waals surface area contributed by atoms with Crippen LogP contribution in [0.2, 0.25) is 0 Å². The number of hydrogen-bond donors (Lipinski definition) is 1. The van der Waals surface area contributed by atoms with Crippen molar-refractivity contribution in [1.82, 2.24) is 9.97 Å². The number of hydrogen-bond acceptors (Lipinski definition) is 3. The molecule has 3 heteroatoms. The van der Waals surface area contributed by atoms with Gasteiger partial charge in [0.2, 0.25) is 0 Å². The molecule has 0 aliphatic rings. The predicted molar refractivity (Wildman–Crippen MR) is 72.1 cm³/mol. The van der Waals surface area contributed by atoms with Gasteiger partial charge in [-0.25, -0.2) is 4.98 Å². The molecule has 90 valence electrons. The van der Waals surface area contributed by atoms with Crippen LogP contribution < -0.4 is 5.32 Å². The van der Waals surface area contributed by atoms with Crippen molar-refractivity contribution in [3.63, 3.8) is 0 Å². The summed E-state index contributed by atoms with van der Waals surface area (Å²) in [5.41, 5.74) is 1.97. The summed E-state index contributed by atoms with van der Waals surface area (Å²) in [5, 5.41) is 3.47. The lowest BCUT2D eigenvalue weighted by Crippen LogP contribution is -2.33. The van der Waals surface area contributed by atoms with Crippen LogP contribution in [0.4, 0.5) is 5.82 Å². The number of rotatable bonds is 4. The van der Waals surface area contributed by atoms with Crippen LogP contribution in [-0.4, -0.2) is 15.5 Å². The summed E-state index contributed by atoms with van der Waals surface area (Å²) in [6.07, 6.45) is 3.95. The Balaban J connectivity index is 2.31. The average Bonchev–Trinajstić information content (AvgIpc) is 2.38. The smallest absolute Gasteiger partial charge is 0.145 e. The minimum atomic E-state index is 0.0944. The van der Waals surface area contributed by atoms with Gasteiger partial charge in [-0.05, 0) is 31.9 Å². The first-order valence-electron chi connectivity index (χ1n) is 6.17. The molecule has 2 rings (SSSR count). The molecule has 0 saturated carbocycles. The van der Waals surface area contributed by atoms with E-state index in [2.05, 4.69) is 36.1 Å². The normalized spacial score (nSPS) is 11.7. The van der Waals surface area contributed by atoms with E-state index in [-0.39, 0.29) is 5.54 Å². The molecule has 1 N–H and O–H groups in total. The van der Waals surface area contributed by atoms with Crippen molar-refractivity contribution in [3.8, 4) is 0 Å². The number of benzene rings is 1. The van der Waals surface area contributed by atoms with E-state index in [0.29, 0.717) is 0 Å². The lowest BCUT2D eigenvalue weighted by atomic mass is 9.96. The van der Waals surface area contributed by atoms with Crippen LogP contribution in [0.15, 0.2) is 30.5 Å². The third kappa shape index (κ3) is 2.54. The first-order valence-corrected chi connectivity index (χ1v) is 6.17. The van der Waals surface area contributed by atoms with Crippen LogP contribution in [0, 0.1) is 0 Å². The first kappa shape index (κ1) is 11.8. The highest BCUT2D eigenvalue weighted by Crippen LogP contribution is 2.21. The summed E-state index contributed by atoms with van der Waals surface area (Å²) in [6, 6.07) is 7.93. The lowest BCUT2D eigenvalue weighted by molar-refractivity contribution is 0.477. The fraction of sp³-hybridized carbons (Fsp3) is 0.429. The molecule has 0 radical (unpaired) electrons. The van der Waals surface area contributed by atoms with Gasteiger partial charge in [-0.15, -0.1) is 0 Å². The van der Waals surface area contributed by atoms with E-state index in [1.807, 2.05) is 30.5 Å². The molecule has 0 unspecified atom stereocenters. The van der Waals surface area contributed by atoms with Gasteiger partial charge in [0.1, 0.15) is 5.82 Å². The van der Waals surface area contributed by atoms with Crippen LogP contribution >= 0.6 is 0 Å². The molecule has 1 aromatic carbocycles. The van der Waals surface area contributed by atoms with Gasteiger partial charge < -0.3 is 5.32 Å². The van der Waals surface area contributed by atoms with Gasteiger partial charge in [-0.1, -0.05) is 26.0 Å². The molecule has 1 heterocycles. The van der Waals surface area contributed by atoms with E-state index in [1.54, 1.807) is 0 Å². The van der Waals surface area contributed by atoms with Crippen molar-refractivity contribution in [2.75, 3.05) is 5.32 Å². The highest BCUT2D eigenvalue weighted by molar-refractivity contribution is 5.75. The predicted octanol–water partition coefficient (Wildman–Crippen LogP) is 3.62. The third-order valence-corrected chi connectivity index (χ3v) is 3.44. The topological polar surface area (TPSA) is 37.8 Å². The second-order valence-electron chi connectivity index (χ2n) is 4.64. The monoisotopic (exact) mass is 229 g/mol. The SMILES string of the molecule is CCC(C)(CC)Nc1cnc2ccccc2n1. The van der Waals surface area contributed by atoms with E-state index >= 15 is 0 Å². The maximum absolute atomic E-state index is 4.58. The summed E-state index contributed by atoms with van der Waals surface area (Å²) in [5.74, 6) is 0.856. The minimum Gasteiger partial charge on any atom is -0.364 e. The fourth-order valence-corrected chi connectivity index (χ4v) is 1.75. The summed E-state index contributed by atoms with van der Waals surface area (Å²) >= 11 is 0. The zero-order valence-electron chi connectivity index (χ0n) is 10.7. The second kappa shape index (κ2) is 4.70. The molecule has 0 spiro atoms. The van der Waals surface area contributed by atoms with Crippen LogP contribution in [0.1, 0.15) is 33.6 Å². The second-order valence-corrected chi connectivity index (χ2v) is 4.64. The molecule has 0 aliphatic heterocycles. The highest BCUT2D eigenvalue weighted by atomic mass is 15.1. The van der Waals surface area contributed by atoms with Crippen LogP contribution in [-0.2, 0) is 0 Å². The largest absolute Gasteiger partial charge is 0.364 e.